The van der Waals surface area contributed by atoms with Crippen molar-refractivity contribution in [3.05, 3.63) is 29.8 Å². The van der Waals surface area contributed by atoms with Gasteiger partial charge in [0.15, 0.2) is 0 Å². The normalized spacial score (nSPS) is 15.4. The first-order chi connectivity index (χ1) is 5.77. The number of hydrogen-bond acceptors (Lipinski definition) is 1. The molecule has 0 fully saturated rings. The van der Waals surface area contributed by atoms with Crippen molar-refractivity contribution in [1.29, 1.82) is 0 Å². The summed E-state index contributed by atoms with van der Waals surface area (Å²) < 4.78 is 1.63. The zero-order chi connectivity index (χ0) is 8.55. The highest BCUT2D eigenvalue weighted by molar-refractivity contribution is 14.1. The molecule has 0 aromatic heterocycles. The number of hydrogen-bond donors (Lipinski definition) is 1. The molecule has 4 heteroatoms. The fraction of sp³-hybridized carbons (Fsp3) is 0.125. The lowest BCUT2D eigenvalue weighted by Crippen LogP contribution is -2.31. The van der Waals surface area contributed by atoms with Crippen molar-refractivity contribution in [2.45, 2.75) is 6.54 Å². The van der Waals surface area contributed by atoms with Crippen LogP contribution in [-0.2, 0) is 6.54 Å². The number of nitrogens with one attached hydrogen (secondary N) is 1. The molecule has 1 aliphatic heterocycles. The third-order valence-corrected chi connectivity index (χ3v) is 2.57. The largest absolute Gasteiger partial charge is 0.330 e. The van der Waals surface area contributed by atoms with Crippen molar-refractivity contribution in [2.24, 2.45) is 0 Å². The van der Waals surface area contributed by atoms with Gasteiger partial charge in [-0.3, -0.25) is 3.11 Å². The molecule has 0 unspecified atom stereocenters. The van der Waals surface area contributed by atoms with Crippen molar-refractivity contribution >= 4 is 34.6 Å². The molecule has 0 bridgehead atoms. The molecular weight excluding hydrogens is 267 g/mol. The topological polar surface area (TPSA) is 32.3 Å². The Hall–Kier alpha value is -0.780. The zero-order valence-corrected chi connectivity index (χ0v) is 8.41. The second-order valence-corrected chi connectivity index (χ2v) is 3.77. The Kier molecular flexibility index (Phi) is 1.92. The van der Waals surface area contributed by atoms with Crippen LogP contribution in [0.25, 0.3) is 0 Å². The molecule has 1 N–H and O–H groups in total. The molecule has 0 saturated heterocycles. The van der Waals surface area contributed by atoms with Gasteiger partial charge >= 0.3 is 6.03 Å². The van der Waals surface area contributed by atoms with E-state index in [1.165, 1.54) is 0 Å². The maximum atomic E-state index is 11.2. The van der Waals surface area contributed by atoms with Gasteiger partial charge in [0.05, 0.1) is 29.4 Å². The summed E-state index contributed by atoms with van der Waals surface area (Å²) in [5.41, 5.74) is 2.09. The highest BCUT2D eigenvalue weighted by Crippen LogP contribution is 2.24. The maximum absolute atomic E-state index is 11.2. The Balaban J connectivity index is 2.40. The molecule has 3 nitrogen and oxygen atoms in total. The average Bonchev–Trinajstić information content (AvgIpc) is 2.07. The number of nitrogens with zero attached hydrogens (tertiary/aromatic N) is 1. The van der Waals surface area contributed by atoms with Gasteiger partial charge in [-0.15, -0.1) is 0 Å². The fourth-order valence-electron chi connectivity index (χ4n) is 1.18. The van der Waals surface area contributed by atoms with Crippen LogP contribution < -0.4 is 5.32 Å². The molecule has 2 rings (SSSR count). The van der Waals surface area contributed by atoms with E-state index in [1.54, 1.807) is 3.11 Å². The molecule has 1 heterocycles. The van der Waals surface area contributed by atoms with Gasteiger partial charge in [-0.1, -0.05) is 18.2 Å². The van der Waals surface area contributed by atoms with Crippen LogP contribution >= 0.6 is 22.9 Å². The predicted octanol–water partition coefficient (Wildman–Crippen LogP) is 2.38. The molecule has 12 heavy (non-hydrogen) atoms. The number of amides is 2. The molecular formula is C8H7IN2O. The Labute approximate surface area is 84.2 Å². The first kappa shape index (κ1) is 7.85. The zero-order valence-electron chi connectivity index (χ0n) is 6.25. The second kappa shape index (κ2) is 2.93. The summed E-state index contributed by atoms with van der Waals surface area (Å²) in [6, 6.07) is 7.77. The molecule has 1 aromatic carbocycles. The molecule has 1 aliphatic rings. The number of para-hydroxylation sites is 1. The van der Waals surface area contributed by atoms with E-state index < -0.39 is 0 Å². The highest BCUT2D eigenvalue weighted by Gasteiger charge is 2.19. The molecule has 0 aliphatic carbocycles. The van der Waals surface area contributed by atoms with E-state index in [9.17, 15) is 4.79 Å². The third-order valence-electron chi connectivity index (χ3n) is 1.79. The summed E-state index contributed by atoms with van der Waals surface area (Å²) >= 11 is 2.00. The number of rotatable bonds is 0. The minimum Gasteiger partial charge on any atom is -0.307 e. The monoisotopic (exact) mass is 274 g/mol. The van der Waals surface area contributed by atoms with Crippen LogP contribution in [0.2, 0.25) is 0 Å². The van der Waals surface area contributed by atoms with E-state index in [0.29, 0.717) is 6.54 Å². The van der Waals surface area contributed by atoms with Gasteiger partial charge in [-0.05, 0) is 11.6 Å². The Morgan fingerprint density at radius 2 is 2.17 bits per heavy atom. The number of anilines is 1. The van der Waals surface area contributed by atoms with E-state index in [2.05, 4.69) is 5.32 Å². The standard InChI is InChI=1S/C8H7IN2O/c9-11-5-6-3-1-2-4-7(6)10-8(11)12/h1-4H,5H2,(H,10,12). The Morgan fingerprint density at radius 1 is 1.42 bits per heavy atom. The Morgan fingerprint density at radius 3 is 3.00 bits per heavy atom. The van der Waals surface area contributed by atoms with Gasteiger partial charge < -0.3 is 5.32 Å². The van der Waals surface area contributed by atoms with Crippen LogP contribution in [0.4, 0.5) is 10.5 Å². The van der Waals surface area contributed by atoms with E-state index in [1.807, 2.05) is 47.1 Å². The first-order valence-electron chi connectivity index (χ1n) is 3.59. The van der Waals surface area contributed by atoms with Crippen molar-refractivity contribution in [3.63, 3.8) is 0 Å². The van der Waals surface area contributed by atoms with Crippen molar-refractivity contribution in [1.82, 2.24) is 3.11 Å². The quantitative estimate of drug-likeness (QED) is 0.571. The van der Waals surface area contributed by atoms with Gasteiger partial charge in [0.1, 0.15) is 0 Å². The van der Waals surface area contributed by atoms with E-state index >= 15 is 0 Å². The van der Waals surface area contributed by atoms with Crippen molar-refractivity contribution in [2.75, 3.05) is 5.32 Å². The molecule has 0 atom stereocenters. The van der Waals surface area contributed by atoms with Crippen LogP contribution in [0.5, 0.6) is 0 Å². The molecule has 0 spiro atoms. The van der Waals surface area contributed by atoms with Crippen LogP contribution in [0.1, 0.15) is 5.56 Å². The van der Waals surface area contributed by atoms with Gasteiger partial charge in [-0.25, -0.2) is 4.79 Å². The minimum absolute atomic E-state index is 0.0469. The number of carbonyl (C=O) groups is 1. The SMILES string of the molecule is O=C1Nc2ccccc2CN1I. The summed E-state index contributed by atoms with van der Waals surface area (Å²) in [5.74, 6) is 0. The van der Waals surface area contributed by atoms with E-state index in [-0.39, 0.29) is 6.03 Å². The Bertz CT molecular complexity index is 327. The van der Waals surface area contributed by atoms with E-state index in [0.717, 1.165) is 11.3 Å². The van der Waals surface area contributed by atoms with Crippen LogP contribution in [0.15, 0.2) is 24.3 Å². The predicted molar refractivity (Wildman–Crippen MR) is 55.0 cm³/mol. The van der Waals surface area contributed by atoms with Gasteiger partial charge in [0.2, 0.25) is 0 Å². The molecule has 0 saturated carbocycles. The number of fused-ring (bicyclic) bond motifs is 1. The van der Waals surface area contributed by atoms with E-state index in [4.69, 9.17) is 0 Å². The lowest BCUT2D eigenvalue weighted by molar-refractivity contribution is 0.239. The maximum Gasteiger partial charge on any atom is 0.330 e. The number of halogens is 1. The van der Waals surface area contributed by atoms with Gasteiger partial charge in [0, 0.05) is 5.69 Å². The van der Waals surface area contributed by atoms with Gasteiger partial charge in [0.25, 0.3) is 0 Å². The summed E-state index contributed by atoms with van der Waals surface area (Å²) in [7, 11) is 0. The van der Waals surface area contributed by atoms with Crippen molar-refractivity contribution in [3.8, 4) is 0 Å². The smallest absolute Gasteiger partial charge is 0.307 e. The molecule has 1 aromatic rings. The lowest BCUT2D eigenvalue weighted by Gasteiger charge is -2.23. The molecule has 62 valence electrons. The fourth-order valence-corrected chi connectivity index (χ4v) is 1.67. The van der Waals surface area contributed by atoms with Gasteiger partial charge in [-0.2, -0.15) is 0 Å². The molecule has 0 radical (unpaired) electrons. The first-order valence-corrected chi connectivity index (χ1v) is 4.56. The van der Waals surface area contributed by atoms with Crippen LogP contribution in [0, 0.1) is 0 Å². The highest BCUT2D eigenvalue weighted by atomic mass is 127. The number of urea groups is 1. The van der Waals surface area contributed by atoms with Crippen LogP contribution in [-0.4, -0.2) is 9.14 Å². The second-order valence-electron chi connectivity index (χ2n) is 2.61. The molecule has 2 amide bonds. The minimum atomic E-state index is -0.0469. The number of benzene rings is 1. The van der Waals surface area contributed by atoms with Crippen LogP contribution in [0.3, 0.4) is 0 Å². The summed E-state index contributed by atoms with van der Waals surface area (Å²) in [6.07, 6.45) is 0. The lowest BCUT2D eigenvalue weighted by atomic mass is 10.1. The summed E-state index contributed by atoms with van der Waals surface area (Å²) in [6.45, 7) is 0.683. The summed E-state index contributed by atoms with van der Waals surface area (Å²) in [5, 5.41) is 2.79. The number of carbonyl (C=O) groups excluding carboxylic acids is 1. The average molecular weight is 274 g/mol. The van der Waals surface area contributed by atoms with Crippen molar-refractivity contribution < 1.29 is 4.79 Å². The summed E-state index contributed by atoms with van der Waals surface area (Å²) in [4.78, 5) is 11.2. The third kappa shape index (κ3) is 1.26.